The molecule has 0 saturated heterocycles. The molecule has 0 unspecified atom stereocenters. The van der Waals surface area contributed by atoms with E-state index in [4.69, 9.17) is 18.9 Å². The van der Waals surface area contributed by atoms with E-state index in [1.54, 1.807) is 33.3 Å². The molecule has 0 aliphatic rings. The van der Waals surface area contributed by atoms with Crippen molar-refractivity contribution in [3.63, 3.8) is 0 Å². The van der Waals surface area contributed by atoms with Crippen molar-refractivity contribution in [3.05, 3.63) is 0 Å². The van der Waals surface area contributed by atoms with Gasteiger partial charge in [-0.3, -0.25) is 4.90 Å². The molecule has 0 N–H and O–H groups in total. The first-order valence-corrected chi connectivity index (χ1v) is 8.11. The smallest absolute Gasteiger partial charge is 0.235 e. The molecule has 0 atom stereocenters. The number of methoxy groups -OCH3 is 4. The predicted octanol–water partition coefficient (Wildman–Crippen LogP) is 0.746. The van der Waals surface area contributed by atoms with Gasteiger partial charge in [-0.25, -0.2) is 0 Å². The third-order valence-corrected chi connectivity index (χ3v) is 3.35. The normalized spacial score (nSPS) is 10.8. The Morgan fingerprint density at radius 2 is 0.840 bits per heavy atom. The minimum absolute atomic E-state index is 0.295. The second kappa shape index (κ2) is 11.7. The maximum absolute atomic E-state index is 5.24. The van der Waals surface area contributed by atoms with E-state index in [1.165, 1.54) is 0 Å². The topological polar surface area (TPSA) is 85.3 Å². The lowest BCUT2D eigenvalue weighted by Crippen LogP contribution is -2.34. The second-order valence-electron chi connectivity index (χ2n) is 5.16. The summed E-state index contributed by atoms with van der Waals surface area (Å²) >= 11 is 0. The molecule has 144 valence electrons. The monoisotopic (exact) mass is 358 g/mol. The van der Waals surface area contributed by atoms with Crippen LogP contribution in [0.2, 0.25) is 0 Å². The van der Waals surface area contributed by atoms with E-state index in [9.17, 15) is 0 Å². The van der Waals surface area contributed by atoms with Crippen molar-refractivity contribution in [3.8, 4) is 0 Å². The molecule has 1 heterocycles. The summed E-state index contributed by atoms with van der Waals surface area (Å²) in [6.45, 7) is 6.76. The zero-order valence-electron chi connectivity index (χ0n) is 16.1. The van der Waals surface area contributed by atoms with Gasteiger partial charge in [-0.1, -0.05) is 0 Å². The molecule has 0 aromatic carbocycles. The molecule has 0 spiro atoms. The van der Waals surface area contributed by atoms with E-state index >= 15 is 0 Å². The van der Waals surface area contributed by atoms with Crippen LogP contribution in [0.4, 0.5) is 17.8 Å². The van der Waals surface area contributed by atoms with Crippen LogP contribution in [0.5, 0.6) is 0 Å². The first-order chi connectivity index (χ1) is 12.1. The Kier molecular flexibility index (Phi) is 10.0. The number of hydrogen-bond acceptors (Lipinski definition) is 10. The summed E-state index contributed by atoms with van der Waals surface area (Å²) in [6, 6.07) is 0. The fraction of sp³-hybridized carbons (Fsp3) is 0.800. The number of anilines is 3. The lowest BCUT2D eigenvalue weighted by molar-refractivity contribution is 0.138. The summed E-state index contributed by atoms with van der Waals surface area (Å²) < 4.78 is 20.9. The minimum atomic E-state index is 0.295. The molecule has 0 aliphatic heterocycles. The zero-order valence-corrected chi connectivity index (χ0v) is 16.1. The molecular formula is C15H30N6O4. The van der Waals surface area contributed by atoms with Gasteiger partial charge in [0, 0.05) is 41.5 Å². The SMILES string of the molecule is CCN(COC)c1nc(N(CC)COC)nc(N(COC)COC)n1. The van der Waals surface area contributed by atoms with E-state index in [-0.39, 0.29) is 0 Å². The molecule has 1 aromatic rings. The average Bonchev–Trinajstić information content (AvgIpc) is 2.63. The Labute approximate surface area is 149 Å². The van der Waals surface area contributed by atoms with Crippen LogP contribution in [0.3, 0.4) is 0 Å². The van der Waals surface area contributed by atoms with Crippen molar-refractivity contribution in [1.29, 1.82) is 0 Å². The van der Waals surface area contributed by atoms with E-state index in [0.29, 0.717) is 57.9 Å². The molecule has 0 fully saturated rings. The van der Waals surface area contributed by atoms with Crippen LogP contribution < -0.4 is 14.7 Å². The summed E-state index contributed by atoms with van der Waals surface area (Å²) in [5, 5.41) is 0. The van der Waals surface area contributed by atoms with Gasteiger partial charge in [-0.15, -0.1) is 0 Å². The van der Waals surface area contributed by atoms with Crippen molar-refractivity contribution < 1.29 is 18.9 Å². The first kappa shape index (κ1) is 21.3. The van der Waals surface area contributed by atoms with Crippen LogP contribution in [0, 0.1) is 0 Å². The minimum Gasteiger partial charge on any atom is -0.364 e. The maximum Gasteiger partial charge on any atom is 0.235 e. The van der Waals surface area contributed by atoms with Gasteiger partial charge in [-0.05, 0) is 13.8 Å². The van der Waals surface area contributed by atoms with Crippen LogP contribution in [0.1, 0.15) is 13.8 Å². The predicted molar refractivity (Wildman–Crippen MR) is 95.9 cm³/mol. The molecule has 1 aromatic heterocycles. The lowest BCUT2D eigenvalue weighted by Gasteiger charge is -2.27. The van der Waals surface area contributed by atoms with Crippen LogP contribution >= 0.6 is 0 Å². The van der Waals surface area contributed by atoms with Crippen LogP contribution in [-0.4, -0.2) is 83.4 Å². The number of hydrogen-bond donors (Lipinski definition) is 0. The summed E-state index contributed by atoms with van der Waals surface area (Å²) in [5.41, 5.74) is 0. The molecule has 25 heavy (non-hydrogen) atoms. The summed E-state index contributed by atoms with van der Waals surface area (Å²) in [7, 11) is 6.49. The van der Waals surface area contributed by atoms with Gasteiger partial charge >= 0.3 is 0 Å². The number of rotatable bonds is 13. The number of nitrogens with zero attached hydrogens (tertiary/aromatic N) is 6. The maximum atomic E-state index is 5.24. The van der Waals surface area contributed by atoms with Gasteiger partial charge in [0.25, 0.3) is 0 Å². The van der Waals surface area contributed by atoms with Crippen molar-refractivity contribution >= 4 is 17.8 Å². The van der Waals surface area contributed by atoms with Gasteiger partial charge in [0.1, 0.15) is 26.9 Å². The molecule has 0 saturated carbocycles. The number of ether oxygens (including phenoxy) is 4. The van der Waals surface area contributed by atoms with E-state index in [2.05, 4.69) is 15.0 Å². The van der Waals surface area contributed by atoms with Gasteiger partial charge in [0.15, 0.2) is 0 Å². The van der Waals surface area contributed by atoms with E-state index in [1.807, 2.05) is 23.6 Å². The fourth-order valence-electron chi connectivity index (χ4n) is 2.12. The van der Waals surface area contributed by atoms with E-state index < -0.39 is 0 Å². The van der Waals surface area contributed by atoms with E-state index in [0.717, 1.165) is 0 Å². The van der Waals surface area contributed by atoms with Gasteiger partial charge in [-0.2, -0.15) is 15.0 Å². The Morgan fingerprint density at radius 3 is 1.12 bits per heavy atom. The van der Waals surface area contributed by atoms with Gasteiger partial charge < -0.3 is 28.7 Å². The second-order valence-corrected chi connectivity index (χ2v) is 5.16. The summed E-state index contributed by atoms with van der Waals surface area (Å²) in [6.07, 6.45) is 0. The molecule has 1 rings (SSSR count). The molecule has 0 radical (unpaired) electrons. The van der Waals surface area contributed by atoms with Crippen LogP contribution in [0.25, 0.3) is 0 Å². The standard InChI is InChI=1S/C15H30N6O4/c1-7-19(9-22-3)13-16-14(20(8-2)10-23-4)18-15(17-13)21(11-24-5)12-25-6/h7-12H2,1-6H3. The third kappa shape index (κ3) is 6.24. The molecule has 10 heteroatoms. The van der Waals surface area contributed by atoms with Crippen molar-refractivity contribution in [2.45, 2.75) is 13.8 Å². The highest BCUT2D eigenvalue weighted by atomic mass is 16.5. The highest BCUT2D eigenvalue weighted by Crippen LogP contribution is 2.19. The largest absolute Gasteiger partial charge is 0.364 e. The lowest BCUT2D eigenvalue weighted by atomic mass is 10.6. The highest BCUT2D eigenvalue weighted by molar-refractivity contribution is 5.46. The zero-order chi connectivity index (χ0) is 18.7. The molecule has 10 nitrogen and oxygen atoms in total. The van der Waals surface area contributed by atoms with Crippen molar-refractivity contribution in [2.24, 2.45) is 0 Å². The Morgan fingerprint density at radius 1 is 0.560 bits per heavy atom. The molecular weight excluding hydrogens is 328 g/mol. The van der Waals surface area contributed by atoms with Crippen molar-refractivity contribution in [1.82, 2.24) is 15.0 Å². The van der Waals surface area contributed by atoms with Crippen LogP contribution in [-0.2, 0) is 18.9 Å². The van der Waals surface area contributed by atoms with Gasteiger partial charge in [0.05, 0.1) is 0 Å². The summed E-state index contributed by atoms with van der Waals surface area (Å²) in [4.78, 5) is 19.3. The Balaban J connectivity index is 3.33. The third-order valence-electron chi connectivity index (χ3n) is 3.35. The Bertz CT molecular complexity index is 455. The van der Waals surface area contributed by atoms with Crippen molar-refractivity contribution in [2.75, 3.05) is 83.2 Å². The molecule has 0 aliphatic carbocycles. The molecule has 0 amide bonds. The fourth-order valence-corrected chi connectivity index (χ4v) is 2.12. The van der Waals surface area contributed by atoms with Gasteiger partial charge in [0.2, 0.25) is 17.8 Å². The Hall–Kier alpha value is -1.75. The number of aromatic nitrogens is 3. The van der Waals surface area contributed by atoms with Crippen LogP contribution in [0.15, 0.2) is 0 Å². The first-order valence-electron chi connectivity index (χ1n) is 8.11. The average molecular weight is 358 g/mol. The highest BCUT2D eigenvalue weighted by Gasteiger charge is 2.19. The summed E-state index contributed by atoms with van der Waals surface area (Å²) in [5.74, 6) is 1.51. The molecule has 0 bridgehead atoms. The quantitative estimate of drug-likeness (QED) is 0.471.